The average molecular weight is 214 g/mol. The zero-order valence-corrected chi connectivity index (χ0v) is 8.78. The largest absolute Gasteiger partial charge is 0.497 e. The molecule has 0 fully saturated rings. The first-order valence-corrected chi connectivity index (χ1v) is 4.81. The molecule has 0 aliphatic heterocycles. The summed E-state index contributed by atoms with van der Waals surface area (Å²) in [5.74, 6) is 0.563. The molecule has 4 nitrogen and oxygen atoms in total. The van der Waals surface area contributed by atoms with Crippen molar-refractivity contribution < 1.29 is 9.53 Å². The van der Waals surface area contributed by atoms with Crippen LogP contribution in [0.2, 0.25) is 0 Å². The summed E-state index contributed by atoms with van der Waals surface area (Å²) >= 11 is 0. The Hall–Kier alpha value is -2.28. The first kappa shape index (κ1) is 10.2. The maximum atomic E-state index is 11.6. The number of carbonyl (C=O) groups excluding carboxylic acids is 1. The summed E-state index contributed by atoms with van der Waals surface area (Å²) < 4.78 is 5.08. The van der Waals surface area contributed by atoms with Gasteiger partial charge in [0.15, 0.2) is 5.78 Å². The molecule has 0 spiro atoms. The summed E-state index contributed by atoms with van der Waals surface area (Å²) in [5.41, 5.74) is 1.39. The van der Waals surface area contributed by atoms with E-state index >= 15 is 0 Å². The van der Waals surface area contributed by atoms with E-state index in [1.54, 1.807) is 19.4 Å². The fraction of sp³-hybridized carbons (Fsp3) is 0.167. The van der Waals surface area contributed by atoms with Gasteiger partial charge in [-0.15, -0.1) is 0 Å². The van der Waals surface area contributed by atoms with Gasteiger partial charge in [0.25, 0.3) is 0 Å². The molecule has 0 saturated heterocycles. The van der Waals surface area contributed by atoms with Crippen molar-refractivity contribution in [3.8, 4) is 11.8 Å². The smallest absolute Gasteiger partial charge is 0.179 e. The highest BCUT2D eigenvalue weighted by Gasteiger charge is 2.11. The summed E-state index contributed by atoms with van der Waals surface area (Å²) in [7, 11) is 1.59. The zero-order valence-electron chi connectivity index (χ0n) is 8.78. The van der Waals surface area contributed by atoms with Crippen LogP contribution in [0.1, 0.15) is 16.8 Å². The van der Waals surface area contributed by atoms with Crippen LogP contribution in [0, 0.1) is 11.3 Å². The van der Waals surface area contributed by atoms with Gasteiger partial charge >= 0.3 is 0 Å². The van der Waals surface area contributed by atoms with E-state index in [-0.39, 0.29) is 12.2 Å². The molecule has 0 atom stereocenters. The van der Waals surface area contributed by atoms with Crippen molar-refractivity contribution in [2.75, 3.05) is 7.11 Å². The van der Waals surface area contributed by atoms with Gasteiger partial charge < -0.3 is 9.72 Å². The number of aromatic nitrogens is 1. The van der Waals surface area contributed by atoms with E-state index < -0.39 is 0 Å². The third kappa shape index (κ3) is 1.63. The quantitative estimate of drug-likeness (QED) is 0.797. The van der Waals surface area contributed by atoms with Crippen molar-refractivity contribution in [3.63, 3.8) is 0 Å². The lowest BCUT2D eigenvalue weighted by molar-refractivity contribution is 0.0999. The SMILES string of the molecule is COc1ccc2c(C(=O)CC#N)c[nH]c2c1. The maximum Gasteiger partial charge on any atom is 0.179 e. The lowest BCUT2D eigenvalue weighted by atomic mass is 10.1. The van der Waals surface area contributed by atoms with Crippen molar-refractivity contribution in [2.24, 2.45) is 0 Å². The summed E-state index contributed by atoms with van der Waals surface area (Å²) in [6.45, 7) is 0. The molecule has 0 aliphatic carbocycles. The topological polar surface area (TPSA) is 65.9 Å². The number of rotatable bonds is 3. The van der Waals surface area contributed by atoms with Crippen LogP contribution in [-0.2, 0) is 0 Å². The van der Waals surface area contributed by atoms with Gasteiger partial charge in [0.2, 0.25) is 0 Å². The van der Waals surface area contributed by atoms with Crippen molar-refractivity contribution in [1.29, 1.82) is 5.26 Å². The van der Waals surface area contributed by atoms with Crippen LogP contribution in [0.15, 0.2) is 24.4 Å². The molecule has 0 radical (unpaired) electrons. The van der Waals surface area contributed by atoms with E-state index in [1.165, 1.54) is 0 Å². The predicted octanol–water partition coefficient (Wildman–Crippen LogP) is 2.27. The maximum absolute atomic E-state index is 11.6. The molecule has 0 saturated carbocycles. The van der Waals surface area contributed by atoms with Crippen LogP contribution in [0.4, 0.5) is 0 Å². The number of Topliss-reactive ketones (excluding diaryl/α,β-unsaturated/α-hetero) is 1. The predicted molar refractivity (Wildman–Crippen MR) is 59.4 cm³/mol. The highest BCUT2D eigenvalue weighted by molar-refractivity contribution is 6.08. The monoisotopic (exact) mass is 214 g/mol. The summed E-state index contributed by atoms with van der Waals surface area (Å²) in [4.78, 5) is 14.6. The van der Waals surface area contributed by atoms with Crippen LogP contribution in [-0.4, -0.2) is 17.9 Å². The lowest BCUT2D eigenvalue weighted by Crippen LogP contribution is -1.95. The number of benzene rings is 1. The van der Waals surface area contributed by atoms with Crippen molar-refractivity contribution in [2.45, 2.75) is 6.42 Å². The molecule has 1 N–H and O–H groups in total. The number of hydrogen-bond acceptors (Lipinski definition) is 3. The Morgan fingerprint density at radius 1 is 1.56 bits per heavy atom. The van der Waals surface area contributed by atoms with E-state index in [4.69, 9.17) is 10.00 Å². The second-order valence-electron chi connectivity index (χ2n) is 3.37. The van der Waals surface area contributed by atoms with Gasteiger partial charge in [0, 0.05) is 28.7 Å². The molecule has 1 aromatic heterocycles. The minimum atomic E-state index is -0.168. The fourth-order valence-corrected chi connectivity index (χ4v) is 1.63. The molecule has 0 unspecified atom stereocenters. The van der Waals surface area contributed by atoms with Crippen LogP contribution >= 0.6 is 0 Å². The molecular formula is C12H10N2O2. The van der Waals surface area contributed by atoms with Crippen molar-refractivity contribution in [1.82, 2.24) is 4.98 Å². The number of nitrogens with one attached hydrogen (secondary N) is 1. The van der Waals surface area contributed by atoms with Gasteiger partial charge in [-0.2, -0.15) is 5.26 Å². The van der Waals surface area contributed by atoms with Crippen LogP contribution in [0.25, 0.3) is 10.9 Å². The molecule has 80 valence electrons. The lowest BCUT2D eigenvalue weighted by Gasteiger charge is -1.99. The van der Waals surface area contributed by atoms with E-state index in [0.29, 0.717) is 5.56 Å². The van der Waals surface area contributed by atoms with E-state index in [1.807, 2.05) is 18.2 Å². The van der Waals surface area contributed by atoms with Crippen molar-refractivity contribution in [3.05, 3.63) is 30.0 Å². The number of ether oxygens (including phenoxy) is 1. The molecule has 0 bridgehead atoms. The number of hydrogen-bond donors (Lipinski definition) is 1. The van der Waals surface area contributed by atoms with E-state index in [9.17, 15) is 4.79 Å². The number of fused-ring (bicyclic) bond motifs is 1. The minimum absolute atomic E-state index is 0.0982. The Labute approximate surface area is 92.4 Å². The summed E-state index contributed by atoms with van der Waals surface area (Å²) in [6.07, 6.45) is 1.53. The first-order chi connectivity index (χ1) is 7.76. The third-order valence-electron chi connectivity index (χ3n) is 2.43. The Balaban J connectivity index is 2.50. The first-order valence-electron chi connectivity index (χ1n) is 4.81. The van der Waals surface area contributed by atoms with Gasteiger partial charge in [-0.25, -0.2) is 0 Å². The fourth-order valence-electron chi connectivity index (χ4n) is 1.63. The highest BCUT2D eigenvalue weighted by atomic mass is 16.5. The molecule has 1 aromatic carbocycles. The van der Waals surface area contributed by atoms with Crippen LogP contribution in [0.3, 0.4) is 0 Å². The summed E-state index contributed by atoms with van der Waals surface area (Å²) in [6, 6.07) is 7.28. The molecule has 0 amide bonds. The molecule has 0 aliphatic rings. The Morgan fingerprint density at radius 2 is 2.38 bits per heavy atom. The number of H-pyrrole nitrogens is 1. The van der Waals surface area contributed by atoms with Gasteiger partial charge in [-0.3, -0.25) is 4.79 Å². The van der Waals surface area contributed by atoms with Gasteiger partial charge in [0.1, 0.15) is 5.75 Å². The second-order valence-corrected chi connectivity index (χ2v) is 3.37. The standard InChI is InChI=1S/C12H10N2O2/c1-16-8-2-3-9-10(12(15)4-5-13)7-14-11(9)6-8/h2-3,6-7,14H,4H2,1H3. The minimum Gasteiger partial charge on any atom is -0.497 e. The molecule has 16 heavy (non-hydrogen) atoms. The van der Waals surface area contributed by atoms with Gasteiger partial charge in [-0.05, 0) is 12.1 Å². The Kier molecular flexibility index (Phi) is 2.61. The van der Waals surface area contributed by atoms with Gasteiger partial charge in [-0.1, -0.05) is 0 Å². The van der Waals surface area contributed by atoms with E-state index in [0.717, 1.165) is 16.7 Å². The molecule has 1 heterocycles. The van der Waals surface area contributed by atoms with E-state index in [2.05, 4.69) is 4.98 Å². The number of nitriles is 1. The number of aromatic amines is 1. The molecule has 2 aromatic rings. The van der Waals surface area contributed by atoms with Crippen LogP contribution in [0.5, 0.6) is 5.75 Å². The third-order valence-corrected chi connectivity index (χ3v) is 2.43. The number of nitrogens with zero attached hydrogens (tertiary/aromatic N) is 1. The van der Waals surface area contributed by atoms with Gasteiger partial charge in [0.05, 0.1) is 19.6 Å². The zero-order chi connectivity index (χ0) is 11.5. The number of ketones is 1. The highest BCUT2D eigenvalue weighted by Crippen LogP contribution is 2.23. The number of methoxy groups -OCH3 is 1. The molecule has 2 rings (SSSR count). The van der Waals surface area contributed by atoms with Crippen molar-refractivity contribution >= 4 is 16.7 Å². The molecular weight excluding hydrogens is 204 g/mol. The Bertz CT molecular complexity index is 578. The Morgan fingerprint density at radius 3 is 3.06 bits per heavy atom. The normalized spacial score (nSPS) is 10.0. The average Bonchev–Trinajstić information content (AvgIpc) is 2.71. The molecule has 4 heteroatoms. The summed E-state index contributed by atoms with van der Waals surface area (Å²) in [5, 5.41) is 9.31. The second kappa shape index (κ2) is 4.07. The van der Waals surface area contributed by atoms with Crippen LogP contribution < -0.4 is 4.74 Å². The number of carbonyl (C=O) groups is 1.